The number of amides is 2. The van der Waals surface area contributed by atoms with Crippen molar-refractivity contribution in [1.82, 2.24) is 5.32 Å². The maximum atomic E-state index is 12.7. The van der Waals surface area contributed by atoms with Crippen molar-refractivity contribution in [3.63, 3.8) is 0 Å². The van der Waals surface area contributed by atoms with Crippen molar-refractivity contribution in [3.05, 3.63) is 64.9 Å². The highest BCUT2D eigenvalue weighted by molar-refractivity contribution is 6.31. The standard InChI is InChI=1S/C15H12ClFN2O2/c16-11-3-1-2-10(8-11)15(21)18-9-14(20)19-13-6-4-12(17)5-7-13/h1-8H,9H2,(H,18,21)(H,19,20). The van der Waals surface area contributed by atoms with Crippen molar-refractivity contribution in [1.29, 1.82) is 0 Å². The molecule has 2 N–H and O–H groups in total. The van der Waals surface area contributed by atoms with Crippen LogP contribution in [-0.2, 0) is 4.79 Å². The van der Waals surface area contributed by atoms with E-state index in [1.54, 1.807) is 18.2 Å². The number of hydrogen-bond donors (Lipinski definition) is 2. The lowest BCUT2D eigenvalue weighted by atomic mass is 10.2. The Kier molecular flexibility index (Phi) is 4.90. The minimum Gasteiger partial charge on any atom is -0.343 e. The van der Waals surface area contributed by atoms with E-state index in [0.29, 0.717) is 16.3 Å². The van der Waals surface area contributed by atoms with Gasteiger partial charge in [0.25, 0.3) is 5.91 Å². The van der Waals surface area contributed by atoms with Crippen LogP contribution in [0.3, 0.4) is 0 Å². The van der Waals surface area contributed by atoms with E-state index in [1.807, 2.05) is 0 Å². The van der Waals surface area contributed by atoms with Gasteiger partial charge in [-0.15, -0.1) is 0 Å². The zero-order valence-electron chi connectivity index (χ0n) is 10.9. The summed E-state index contributed by atoms with van der Waals surface area (Å²) < 4.78 is 12.7. The zero-order chi connectivity index (χ0) is 15.2. The molecule has 0 aliphatic rings. The molecule has 4 nitrogen and oxygen atoms in total. The molecule has 21 heavy (non-hydrogen) atoms. The molecule has 0 aliphatic carbocycles. The number of rotatable bonds is 4. The summed E-state index contributed by atoms with van der Waals surface area (Å²) in [5.41, 5.74) is 0.829. The molecule has 0 saturated carbocycles. The lowest BCUT2D eigenvalue weighted by Crippen LogP contribution is -2.32. The highest BCUT2D eigenvalue weighted by atomic mass is 35.5. The van der Waals surface area contributed by atoms with E-state index in [1.165, 1.54) is 30.3 Å². The molecule has 0 saturated heterocycles. The zero-order valence-corrected chi connectivity index (χ0v) is 11.7. The second-order valence-corrected chi connectivity index (χ2v) is 4.68. The smallest absolute Gasteiger partial charge is 0.251 e. The van der Waals surface area contributed by atoms with Gasteiger partial charge in [-0.05, 0) is 42.5 Å². The van der Waals surface area contributed by atoms with Gasteiger partial charge in [-0.2, -0.15) is 0 Å². The Hall–Kier alpha value is -2.40. The quantitative estimate of drug-likeness (QED) is 0.912. The van der Waals surface area contributed by atoms with Crippen LogP contribution >= 0.6 is 11.6 Å². The number of carbonyl (C=O) groups excluding carboxylic acids is 2. The molecule has 0 unspecified atom stereocenters. The van der Waals surface area contributed by atoms with Crippen LogP contribution < -0.4 is 10.6 Å². The van der Waals surface area contributed by atoms with Crippen LogP contribution in [0.5, 0.6) is 0 Å². The summed E-state index contributed by atoms with van der Waals surface area (Å²) in [6, 6.07) is 11.8. The van der Waals surface area contributed by atoms with Crippen molar-refractivity contribution >= 4 is 29.1 Å². The number of benzene rings is 2. The number of halogens is 2. The normalized spacial score (nSPS) is 10.0. The van der Waals surface area contributed by atoms with Crippen LogP contribution in [0.2, 0.25) is 5.02 Å². The summed E-state index contributed by atoms with van der Waals surface area (Å²) >= 11 is 5.78. The molecular formula is C15H12ClFN2O2. The van der Waals surface area contributed by atoms with E-state index in [0.717, 1.165) is 0 Å². The molecular weight excluding hydrogens is 295 g/mol. The number of nitrogens with one attached hydrogen (secondary N) is 2. The third-order valence-electron chi connectivity index (χ3n) is 2.62. The Labute approximate surface area is 125 Å². The summed E-state index contributed by atoms with van der Waals surface area (Å²) in [5, 5.41) is 5.46. The first-order chi connectivity index (χ1) is 10.0. The lowest BCUT2D eigenvalue weighted by molar-refractivity contribution is -0.115. The van der Waals surface area contributed by atoms with Crippen molar-refractivity contribution in [2.24, 2.45) is 0 Å². The first-order valence-electron chi connectivity index (χ1n) is 6.14. The highest BCUT2D eigenvalue weighted by Crippen LogP contribution is 2.10. The molecule has 2 rings (SSSR count). The van der Waals surface area contributed by atoms with Gasteiger partial charge in [-0.25, -0.2) is 4.39 Å². The van der Waals surface area contributed by atoms with Crippen LogP contribution in [0.1, 0.15) is 10.4 Å². The monoisotopic (exact) mass is 306 g/mol. The fourth-order valence-corrected chi connectivity index (χ4v) is 1.82. The maximum Gasteiger partial charge on any atom is 0.251 e. The molecule has 0 spiro atoms. The number of anilines is 1. The molecule has 2 aromatic rings. The van der Waals surface area contributed by atoms with Gasteiger partial charge in [0, 0.05) is 16.3 Å². The minimum atomic E-state index is -0.406. The molecule has 0 fully saturated rings. The first kappa shape index (κ1) is 15.0. The van der Waals surface area contributed by atoms with Gasteiger partial charge >= 0.3 is 0 Å². The minimum absolute atomic E-state index is 0.192. The van der Waals surface area contributed by atoms with E-state index in [-0.39, 0.29) is 12.4 Å². The van der Waals surface area contributed by atoms with Crippen molar-refractivity contribution in [3.8, 4) is 0 Å². The molecule has 0 aromatic heterocycles. The SMILES string of the molecule is O=C(CNC(=O)c1cccc(Cl)c1)Nc1ccc(F)cc1. The van der Waals surface area contributed by atoms with Crippen LogP contribution in [0.4, 0.5) is 10.1 Å². The molecule has 0 atom stereocenters. The molecule has 0 aliphatic heterocycles. The van der Waals surface area contributed by atoms with E-state index >= 15 is 0 Å². The van der Waals surface area contributed by atoms with E-state index in [4.69, 9.17) is 11.6 Å². The molecule has 0 radical (unpaired) electrons. The molecule has 108 valence electrons. The van der Waals surface area contributed by atoms with Gasteiger partial charge in [0.1, 0.15) is 5.82 Å². The molecule has 2 aromatic carbocycles. The van der Waals surface area contributed by atoms with Crippen molar-refractivity contribution in [2.45, 2.75) is 0 Å². The largest absolute Gasteiger partial charge is 0.343 e. The van der Waals surface area contributed by atoms with Gasteiger partial charge < -0.3 is 10.6 Å². The molecule has 0 bridgehead atoms. The summed E-state index contributed by atoms with van der Waals surface area (Å²) in [6.07, 6.45) is 0. The van der Waals surface area contributed by atoms with E-state index < -0.39 is 11.8 Å². The fourth-order valence-electron chi connectivity index (χ4n) is 1.63. The average Bonchev–Trinajstić information content (AvgIpc) is 2.47. The summed E-state index contributed by atoms with van der Waals surface area (Å²) in [5.74, 6) is -1.19. The number of hydrogen-bond acceptors (Lipinski definition) is 2. The van der Waals surface area contributed by atoms with Gasteiger partial charge in [0.05, 0.1) is 6.54 Å². The van der Waals surface area contributed by atoms with Gasteiger partial charge in [-0.3, -0.25) is 9.59 Å². The lowest BCUT2D eigenvalue weighted by Gasteiger charge is -2.07. The average molecular weight is 307 g/mol. The number of carbonyl (C=O) groups is 2. The van der Waals surface area contributed by atoms with Crippen LogP contribution in [0.15, 0.2) is 48.5 Å². The highest BCUT2D eigenvalue weighted by Gasteiger charge is 2.08. The molecule has 2 amide bonds. The van der Waals surface area contributed by atoms with Crippen LogP contribution in [-0.4, -0.2) is 18.4 Å². The van der Waals surface area contributed by atoms with Crippen LogP contribution in [0, 0.1) is 5.82 Å². The third-order valence-corrected chi connectivity index (χ3v) is 2.86. The van der Waals surface area contributed by atoms with Crippen LogP contribution in [0.25, 0.3) is 0 Å². The Morgan fingerprint density at radius 3 is 2.48 bits per heavy atom. The van der Waals surface area contributed by atoms with E-state index in [2.05, 4.69) is 10.6 Å². The second-order valence-electron chi connectivity index (χ2n) is 4.25. The molecule has 0 heterocycles. The van der Waals surface area contributed by atoms with Gasteiger partial charge in [0.15, 0.2) is 0 Å². The maximum absolute atomic E-state index is 12.7. The Bertz CT molecular complexity index is 659. The Balaban J connectivity index is 1.86. The summed E-state index contributed by atoms with van der Waals surface area (Å²) in [6.45, 7) is -0.192. The summed E-state index contributed by atoms with van der Waals surface area (Å²) in [4.78, 5) is 23.5. The second kappa shape index (κ2) is 6.85. The predicted molar refractivity (Wildman–Crippen MR) is 78.8 cm³/mol. The third kappa shape index (κ3) is 4.57. The van der Waals surface area contributed by atoms with Crippen molar-refractivity contribution < 1.29 is 14.0 Å². The molecule has 6 heteroatoms. The predicted octanol–water partition coefficient (Wildman–Crippen LogP) is 2.85. The Morgan fingerprint density at radius 2 is 1.81 bits per heavy atom. The van der Waals surface area contributed by atoms with Gasteiger partial charge in [-0.1, -0.05) is 17.7 Å². The van der Waals surface area contributed by atoms with Crippen molar-refractivity contribution in [2.75, 3.05) is 11.9 Å². The van der Waals surface area contributed by atoms with E-state index in [9.17, 15) is 14.0 Å². The first-order valence-corrected chi connectivity index (χ1v) is 6.51. The Morgan fingerprint density at radius 1 is 1.10 bits per heavy atom. The summed E-state index contributed by atoms with van der Waals surface area (Å²) in [7, 11) is 0. The fraction of sp³-hybridized carbons (Fsp3) is 0.0667. The topological polar surface area (TPSA) is 58.2 Å². The van der Waals surface area contributed by atoms with Gasteiger partial charge in [0.2, 0.25) is 5.91 Å².